The molecule has 0 aliphatic carbocycles. The SMILES string of the molecule is CC(C)(CCC(C)(CCC(C)(C)c1ccsc1)c1cccs1)c1ccccc1. The van der Waals surface area contributed by atoms with Crippen LogP contribution < -0.4 is 0 Å². The number of hydrogen-bond acceptors (Lipinski definition) is 2. The largest absolute Gasteiger partial charge is 0.152 e. The molecule has 0 bridgehead atoms. The van der Waals surface area contributed by atoms with Crippen LogP contribution in [-0.2, 0) is 16.2 Å². The van der Waals surface area contributed by atoms with Crippen molar-refractivity contribution in [3.8, 4) is 0 Å². The van der Waals surface area contributed by atoms with Crippen molar-refractivity contribution in [3.05, 3.63) is 80.7 Å². The Kier molecular flexibility index (Phi) is 6.51. The summed E-state index contributed by atoms with van der Waals surface area (Å²) in [6, 6.07) is 17.9. The molecule has 1 unspecified atom stereocenters. The smallest absolute Gasteiger partial charge is 0.0104 e. The third-order valence-electron chi connectivity index (χ3n) is 6.58. The Bertz CT molecular complexity index is 826. The molecule has 0 N–H and O–H groups in total. The van der Waals surface area contributed by atoms with E-state index in [-0.39, 0.29) is 16.2 Å². The van der Waals surface area contributed by atoms with Gasteiger partial charge in [-0.1, -0.05) is 71.0 Å². The minimum Gasteiger partial charge on any atom is -0.152 e. The topological polar surface area (TPSA) is 0 Å². The van der Waals surface area contributed by atoms with E-state index in [0.29, 0.717) is 0 Å². The van der Waals surface area contributed by atoms with E-state index in [0.717, 1.165) is 0 Å². The summed E-state index contributed by atoms with van der Waals surface area (Å²) >= 11 is 3.74. The second-order valence-corrected chi connectivity index (χ2v) is 11.4. The molecule has 3 rings (SSSR count). The van der Waals surface area contributed by atoms with E-state index in [4.69, 9.17) is 0 Å². The highest BCUT2D eigenvalue weighted by molar-refractivity contribution is 7.10. The van der Waals surface area contributed by atoms with E-state index >= 15 is 0 Å². The molecule has 3 aromatic rings. The zero-order valence-corrected chi connectivity index (χ0v) is 19.6. The second kappa shape index (κ2) is 8.55. The van der Waals surface area contributed by atoms with Crippen LogP contribution in [0.3, 0.4) is 0 Å². The van der Waals surface area contributed by atoms with Gasteiger partial charge in [0.25, 0.3) is 0 Å². The first kappa shape index (κ1) is 21.3. The number of rotatable bonds is 9. The third kappa shape index (κ3) is 4.96. The maximum Gasteiger partial charge on any atom is 0.0104 e. The summed E-state index contributed by atoms with van der Waals surface area (Å²) in [5.41, 5.74) is 3.58. The van der Waals surface area contributed by atoms with Gasteiger partial charge in [-0.15, -0.1) is 11.3 Å². The monoisotopic (exact) mass is 410 g/mol. The van der Waals surface area contributed by atoms with Gasteiger partial charge < -0.3 is 0 Å². The fourth-order valence-electron chi connectivity index (χ4n) is 4.00. The molecule has 0 aliphatic rings. The molecular formula is C26H34S2. The van der Waals surface area contributed by atoms with E-state index in [1.54, 1.807) is 0 Å². The van der Waals surface area contributed by atoms with Crippen LogP contribution in [0.4, 0.5) is 0 Å². The summed E-state index contributed by atoms with van der Waals surface area (Å²) in [5.74, 6) is 0. The van der Waals surface area contributed by atoms with Crippen LogP contribution in [0.1, 0.15) is 76.3 Å². The zero-order valence-electron chi connectivity index (χ0n) is 18.0. The standard InChI is InChI=1S/C26H34S2/c1-24(2,21-10-7-6-8-11-21)14-16-26(5,23-12-9-18-28-23)17-15-25(3,4)22-13-19-27-20-22/h6-13,18-20H,14-17H2,1-5H3. The summed E-state index contributed by atoms with van der Waals surface area (Å²) in [6.07, 6.45) is 4.85. The van der Waals surface area contributed by atoms with Crippen molar-refractivity contribution < 1.29 is 0 Å². The second-order valence-electron chi connectivity index (χ2n) is 9.68. The van der Waals surface area contributed by atoms with Gasteiger partial charge in [-0.05, 0) is 75.9 Å². The molecular weight excluding hydrogens is 376 g/mol. The van der Waals surface area contributed by atoms with Crippen LogP contribution in [0.25, 0.3) is 0 Å². The van der Waals surface area contributed by atoms with E-state index in [1.807, 2.05) is 22.7 Å². The summed E-state index contributed by atoms with van der Waals surface area (Å²) in [4.78, 5) is 1.54. The van der Waals surface area contributed by atoms with Crippen LogP contribution in [0.5, 0.6) is 0 Å². The fraction of sp³-hybridized carbons (Fsp3) is 0.462. The van der Waals surface area contributed by atoms with E-state index in [1.165, 1.54) is 41.7 Å². The molecule has 1 atom stereocenters. The lowest BCUT2D eigenvalue weighted by Gasteiger charge is -2.36. The van der Waals surface area contributed by atoms with Crippen molar-refractivity contribution in [2.75, 3.05) is 0 Å². The maximum atomic E-state index is 2.49. The Labute approximate surface area is 179 Å². The molecule has 1 aromatic carbocycles. The number of hydrogen-bond donors (Lipinski definition) is 0. The molecule has 2 heteroatoms. The molecule has 0 saturated carbocycles. The Balaban J connectivity index is 1.75. The first-order valence-corrected chi connectivity index (χ1v) is 12.2. The lowest BCUT2D eigenvalue weighted by molar-refractivity contribution is 0.305. The molecule has 0 spiro atoms. The van der Waals surface area contributed by atoms with Gasteiger partial charge in [-0.2, -0.15) is 11.3 Å². The van der Waals surface area contributed by atoms with Gasteiger partial charge in [0.05, 0.1) is 0 Å². The third-order valence-corrected chi connectivity index (χ3v) is 8.44. The highest BCUT2D eigenvalue weighted by Gasteiger charge is 2.33. The van der Waals surface area contributed by atoms with Crippen molar-refractivity contribution in [3.63, 3.8) is 0 Å². The van der Waals surface area contributed by atoms with Crippen molar-refractivity contribution in [1.29, 1.82) is 0 Å². The number of benzene rings is 1. The summed E-state index contributed by atoms with van der Waals surface area (Å²) in [5, 5.41) is 6.76. The van der Waals surface area contributed by atoms with E-state index < -0.39 is 0 Å². The van der Waals surface area contributed by atoms with E-state index in [9.17, 15) is 0 Å². The van der Waals surface area contributed by atoms with Gasteiger partial charge in [0.1, 0.15) is 0 Å². The van der Waals surface area contributed by atoms with Gasteiger partial charge in [0, 0.05) is 10.3 Å². The molecule has 150 valence electrons. The Morgan fingerprint density at radius 1 is 0.643 bits per heavy atom. The average Bonchev–Trinajstić information content (AvgIpc) is 3.40. The predicted molar refractivity (Wildman–Crippen MR) is 127 cm³/mol. The molecule has 2 aromatic heterocycles. The van der Waals surface area contributed by atoms with Gasteiger partial charge in [-0.25, -0.2) is 0 Å². The molecule has 0 nitrogen and oxygen atoms in total. The van der Waals surface area contributed by atoms with Crippen LogP contribution in [-0.4, -0.2) is 0 Å². The van der Waals surface area contributed by atoms with Crippen LogP contribution in [0.2, 0.25) is 0 Å². The Morgan fingerprint density at radius 3 is 1.82 bits per heavy atom. The molecule has 0 saturated heterocycles. The molecule has 2 heterocycles. The van der Waals surface area contributed by atoms with Gasteiger partial charge in [0.15, 0.2) is 0 Å². The molecule has 0 fully saturated rings. The predicted octanol–water partition coefficient (Wildman–Crippen LogP) is 8.58. The van der Waals surface area contributed by atoms with Gasteiger partial charge >= 0.3 is 0 Å². The van der Waals surface area contributed by atoms with Crippen molar-refractivity contribution in [2.24, 2.45) is 0 Å². The van der Waals surface area contributed by atoms with Crippen molar-refractivity contribution in [2.45, 2.75) is 76.5 Å². The Morgan fingerprint density at radius 2 is 1.29 bits per heavy atom. The molecule has 0 aliphatic heterocycles. The quantitative estimate of drug-likeness (QED) is 0.331. The van der Waals surface area contributed by atoms with Gasteiger partial charge in [-0.3, -0.25) is 0 Å². The minimum atomic E-state index is 0.197. The van der Waals surface area contributed by atoms with E-state index in [2.05, 4.69) is 99.3 Å². The lowest BCUT2D eigenvalue weighted by Crippen LogP contribution is -2.29. The first-order valence-electron chi connectivity index (χ1n) is 10.4. The van der Waals surface area contributed by atoms with Crippen LogP contribution in [0, 0.1) is 0 Å². The van der Waals surface area contributed by atoms with Crippen molar-refractivity contribution in [1.82, 2.24) is 0 Å². The van der Waals surface area contributed by atoms with Crippen molar-refractivity contribution >= 4 is 22.7 Å². The van der Waals surface area contributed by atoms with Crippen LogP contribution >= 0.6 is 22.7 Å². The molecule has 0 radical (unpaired) electrons. The van der Waals surface area contributed by atoms with Crippen LogP contribution in [0.15, 0.2) is 64.7 Å². The fourth-order valence-corrected chi connectivity index (χ4v) is 5.80. The number of thiophene rings is 2. The zero-order chi connectivity index (χ0) is 20.3. The first-order chi connectivity index (χ1) is 13.2. The highest BCUT2D eigenvalue weighted by Crippen LogP contribution is 2.43. The maximum absolute atomic E-state index is 2.49. The molecule has 28 heavy (non-hydrogen) atoms. The Hall–Kier alpha value is -1.38. The highest BCUT2D eigenvalue weighted by atomic mass is 32.1. The minimum absolute atomic E-state index is 0.197. The lowest BCUT2D eigenvalue weighted by atomic mass is 9.69. The normalized spacial score (nSPS) is 14.8. The summed E-state index contributed by atoms with van der Waals surface area (Å²) in [6.45, 7) is 12.1. The van der Waals surface area contributed by atoms with Gasteiger partial charge in [0.2, 0.25) is 0 Å². The summed E-state index contributed by atoms with van der Waals surface area (Å²) < 4.78 is 0. The average molecular weight is 411 g/mol. The molecule has 0 amide bonds. The summed E-state index contributed by atoms with van der Waals surface area (Å²) in [7, 11) is 0.